The molecule has 1 aliphatic heterocycles. The van der Waals surface area contributed by atoms with E-state index in [2.05, 4.69) is 11.9 Å². The first kappa shape index (κ1) is 15.2. The Balaban J connectivity index is 1.80. The van der Waals surface area contributed by atoms with Crippen LogP contribution in [-0.2, 0) is 4.74 Å². The molecule has 0 saturated carbocycles. The summed E-state index contributed by atoms with van der Waals surface area (Å²) in [5.41, 5.74) is 1.07. The molecule has 1 N–H and O–H groups in total. The molecule has 0 spiro atoms. The van der Waals surface area contributed by atoms with Gasteiger partial charge in [-0.2, -0.15) is 0 Å². The number of carbonyl (C=O) groups excluding carboxylic acids is 1. The second-order valence-corrected chi connectivity index (χ2v) is 5.20. The number of nitrogens with zero attached hydrogens (tertiary/aromatic N) is 1. The Morgan fingerprint density at radius 2 is 1.90 bits per heavy atom. The maximum atomic E-state index is 11.8. The first-order valence-corrected chi connectivity index (χ1v) is 7.11. The highest BCUT2D eigenvalue weighted by Gasteiger charge is 2.23. The second-order valence-electron chi connectivity index (χ2n) is 5.20. The lowest BCUT2D eigenvalue weighted by atomic mass is 10.1. The third-order valence-corrected chi connectivity index (χ3v) is 3.48. The third-order valence-electron chi connectivity index (χ3n) is 3.48. The minimum absolute atomic E-state index is 0.301. The molecule has 114 valence electrons. The topological polar surface area (TPSA) is 50.8 Å². The van der Waals surface area contributed by atoms with E-state index in [1.807, 2.05) is 24.3 Å². The highest BCUT2D eigenvalue weighted by molar-refractivity contribution is 5.68. The van der Waals surface area contributed by atoms with Crippen molar-refractivity contribution in [1.82, 2.24) is 4.90 Å². The van der Waals surface area contributed by atoms with Crippen LogP contribution < -0.4 is 10.1 Å². The number of anilines is 1. The summed E-state index contributed by atoms with van der Waals surface area (Å²) in [7, 11) is 1.65. The molecule has 5 heteroatoms. The number of nitrogens with one attached hydrogen (secondary N) is 1. The third kappa shape index (κ3) is 4.41. The van der Waals surface area contributed by atoms with E-state index >= 15 is 0 Å². The fourth-order valence-electron chi connectivity index (χ4n) is 2.34. The van der Waals surface area contributed by atoms with Crippen LogP contribution in [-0.4, -0.2) is 37.2 Å². The predicted molar refractivity (Wildman–Crippen MR) is 82.5 cm³/mol. The Labute approximate surface area is 125 Å². The first-order chi connectivity index (χ1) is 10.1. The average Bonchev–Trinajstić information content (AvgIpc) is 2.48. The average molecular weight is 290 g/mol. The number of amides is 1. The van der Waals surface area contributed by atoms with Crippen molar-refractivity contribution in [3.63, 3.8) is 0 Å². The number of ether oxygens (including phenoxy) is 2. The highest BCUT2D eigenvalue weighted by Crippen LogP contribution is 2.20. The van der Waals surface area contributed by atoms with Crippen molar-refractivity contribution in [2.24, 2.45) is 0 Å². The van der Waals surface area contributed by atoms with Gasteiger partial charge in [0.2, 0.25) is 0 Å². The molecule has 0 atom stereocenters. The first-order valence-electron chi connectivity index (χ1n) is 7.11. The van der Waals surface area contributed by atoms with Crippen molar-refractivity contribution in [3.8, 4) is 5.75 Å². The summed E-state index contributed by atoms with van der Waals surface area (Å²) in [4.78, 5) is 13.5. The van der Waals surface area contributed by atoms with E-state index < -0.39 is 0 Å². The number of methoxy groups -OCH3 is 1. The van der Waals surface area contributed by atoms with Gasteiger partial charge in [0.1, 0.15) is 5.75 Å². The quantitative estimate of drug-likeness (QED) is 0.865. The number of piperidine rings is 1. The lowest BCUT2D eigenvalue weighted by molar-refractivity contribution is 0.119. The molecule has 1 fully saturated rings. The number of carbonyl (C=O) groups is 1. The monoisotopic (exact) mass is 290 g/mol. The molecule has 1 aromatic carbocycles. The lowest BCUT2D eigenvalue weighted by Gasteiger charge is -2.32. The standard InChI is InChI=1S/C16H22N2O3/c1-12(2)21-16(19)18-10-8-14(9-11-18)17-13-4-6-15(20-3)7-5-13/h4-7,14,17H,1,8-11H2,2-3H3. The molecule has 1 amide bonds. The SMILES string of the molecule is C=C(C)OC(=O)N1CCC(Nc2ccc(OC)cc2)CC1. The fraction of sp³-hybridized carbons (Fsp3) is 0.438. The Bertz CT molecular complexity index is 491. The molecule has 0 radical (unpaired) electrons. The van der Waals surface area contributed by atoms with Crippen LogP contribution in [0, 0.1) is 0 Å². The zero-order chi connectivity index (χ0) is 15.2. The molecular formula is C16H22N2O3. The summed E-state index contributed by atoms with van der Waals surface area (Å²) < 4.78 is 10.2. The van der Waals surface area contributed by atoms with Gasteiger partial charge in [-0.15, -0.1) is 0 Å². The molecule has 1 heterocycles. The van der Waals surface area contributed by atoms with E-state index in [1.54, 1.807) is 18.9 Å². The highest BCUT2D eigenvalue weighted by atomic mass is 16.6. The van der Waals surface area contributed by atoms with Gasteiger partial charge in [-0.25, -0.2) is 4.79 Å². The summed E-state index contributed by atoms with van der Waals surface area (Å²) >= 11 is 0. The van der Waals surface area contributed by atoms with Crippen LogP contribution in [0.4, 0.5) is 10.5 Å². The zero-order valence-electron chi connectivity index (χ0n) is 12.6. The van der Waals surface area contributed by atoms with Crippen molar-refractivity contribution in [2.75, 3.05) is 25.5 Å². The number of hydrogen-bond donors (Lipinski definition) is 1. The molecule has 0 unspecified atom stereocenters. The van der Waals surface area contributed by atoms with Crippen LogP contribution in [0.15, 0.2) is 36.6 Å². The van der Waals surface area contributed by atoms with Crippen LogP contribution in [0.25, 0.3) is 0 Å². The van der Waals surface area contributed by atoms with Gasteiger partial charge in [-0.05, 0) is 44.0 Å². The largest absolute Gasteiger partial charge is 0.497 e. The van der Waals surface area contributed by atoms with E-state index in [4.69, 9.17) is 9.47 Å². The van der Waals surface area contributed by atoms with Gasteiger partial charge >= 0.3 is 6.09 Å². The van der Waals surface area contributed by atoms with Gasteiger partial charge in [0, 0.05) is 24.8 Å². The smallest absolute Gasteiger partial charge is 0.414 e. The molecule has 2 rings (SSSR count). The van der Waals surface area contributed by atoms with Crippen molar-refractivity contribution in [1.29, 1.82) is 0 Å². The summed E-state index contributed by atoms with van der Waals surface area (Å²) in [5.74, 6) is 1.27. The van der Waals surface area contributed by atoms with Gasteiger partial charge in [-0.3, -0.25) is 0 Å². The molecule has 0 bridgehead atoms. The van der Waals surface area contributed by atoms with Crippen LogP contribution in [0.1, 0.15) is 19.8 Å². The molecule has 1 aliphatic rings. The maximum absolute atomic E-state index is 11.8. The van der Waals surface area contributed by atoms with E-state index in [1.165, 1.54) is 0 Å². The molecule has 1 saturated heterocycles. The number of likely N-dealkylation sites (tertiary alicyclic amines) is 1. The summed E-state index contributed by atoms with van der Waals surface area (Å²) in [6, 6.07) is 8.23. The Hall–Kier alpha value is -2.17. The summed E-state index contributed by atoms with van der Waals surface area (Å²) in [6.07, 6.45) is 1.50. The number of allylic oxidation sites excluding steroid dienone is 1. The predicted octanol–water partition coefficient (Wildman–Crippen LogP) is 3.24. The van der Waals surface area contributed by atoms with Gasteiger partial charge < -0.3 is 19.7 Å². The number of benzene rings is 1. The van der Waals surface area contributed by atoms with Gasteiger partial charge in [-0.1, -0.05) is 6.58 Å². The number of hydrogen-bond acceptors (Lipinski definition) is 4. The Kier molecular flexibility index (Phi) is 5.09. The van der Waals surface area contributed by atoms with Crippen LogP contribution in [0.3, 0.4) is 0 Å². The van der Waals surface area contributed by atoms with Crippen molar-refractivity contribution < 1.29 is 14.3 Å². The molecule has 21 heavy (non-hydrogen) atoms. The molecule has 0 aliphatic carbocycles. The Morgan fingerprint density at radius 1 is 1.29 bits per heavy atom. The van der Waals surface area contributed by atoms with Gasteiger partial charge in [0.05, 0.1) is 12.9 Å². The van der Waals surface area contributed by atoms with Gasteiger partial charge in [0.15, 0.2) is 0 Å². The number of rotatable bonds is 4. The lowest BCUT2D eigenvalue weighted by Crippen LogP contribution is -2.42. The van der Waals surface area contributed by atoms with Gasteiger partial charge in [0.25, 0.3) is 0 Å². The van der Waals surface area contributed by atoms with Crippen molar-refractivity contribution in [2.45, 2.75) is 25.8 Å². The van der Waals surface area contributed by atoms with E-state index in [0.717, 1.165) is 24.3 Å². The maximum Gasteiger partial charge on any atom is 0.414 e. The van der Waals surface area contributed by atoms with Crippen molar-refractivity contribution in [3.05, 3.63) is 36.6 Å². The van der Waals surface area contributed by atoms with E-state index in [9.17, 15) is 4.79 Å². The zero-order valence-corrected chi connectivity index (χ0v) is 12.6. The van der Waals surface area contributed by atoms with E-state index in [0.29, 0.717) is 24.9 Å². The van der Waals surface area contributed by atoms with Crippen LogP contribution in [0.5, 0.6) is 5.75 Å². The minimum Gasteiger partial charge on any atom is -0.497 e. The van der Waals surface area contributed by atoms with Crippen LogP contribution in [0.2, 0.25) is 0 Å². The van der Waals surface area contributed by atoms with Crippen LogP contribution >= 0.6 is 0 Å². The summed E-state index contributed by atoms with van der Waals surface area (Å²) in [6.45, 7) is 6.65. The normalized spacial score (nSPS) is 15.4. The minimum atomic E-state index is -0.301. The second kappa shape index (κ2) is 7.02. The molecule has 1 aromatic rings. The van der Waals surface area contributed by atoms with E-state index in [-0.39, 0.29) is 6.09 Å². The summed E-state index contributed by atoms with van der Waals surface area (Å²) in [5, 5.41) is 3.48. The molecule has 5 nitrogen and oxygen atoms in total. The Morgan fingerprint density at radius 3 is 2.43 bits per heavy atom. The molecule has 0 aromatic heterocycles. The van der Waals surface area contributed by atoms with Crippen molar-refractivity contribution >= 4 is 11.8 Å². The fourth-order valence-corrected chi connectivity index (χ4v) is 2.34. The molecular weight excluding hydrogens is 268 g/mol.